The van der Waals surface area contributed by atoms with Gasteiger partial charge in [0.25, 0.3) is 5.56 Å². The van der Waals surface area contributed by atoms with Gasteiger partial charge in [-0.3, -0.25) is 9.36 Å². The number of nitrogens with zero attached hydrogens (tertiary/aromatic N) is 2. The van der Waals surface area contributed by atoms with Crippen molar-refractivity contribution in [2.45, 2.75) is 39.7 Å². The Labute approximate surface area is 178 Å². The number of hydrogen-bond acceptors (Lipinski definition) is 7. The summed E-state index contributed by atoms with van der Waals surface area (Å²) in [6.07, 6.45) is 3.93. The maximum absolute atomic E-state index is 13.0. The number of thiophene rings is 1. The Hall–Kier alpha value is -3.00. The molecule has 0 amide bonds. The first-order valence-electron chi connectivity index (χ1n) is 9.95. The average molecular weight is 429 g/mol. The molecule has 7 nitrogen and oxygen atoms in total. The Morgan fingerprint density at radius 3 is 2.47 bits per heavy atom. The second-order valence-electron chi connectivity index (χ2n) is 6.83. The van der Waals surface area contributed by atoms with Gasteiger partial charge >= 0.3 is 11.9 Å². The van der Waals surface area contributed by atoms with Crippen LogP contribution in [-0.4, -0.2) is 34.7 Å². The number of aromatic nitrogens is 2. The normalized spacial score (nSPS) is 10.9. The monoisotopic (exact) mass is 428 g/mol. The van der Waals surface area contributed by atoms with Gasteiger partial charge in [-0.05, 0) is 30.5 Å². The number of unbranched alkanes of at least 4 members (excludes halogenated alkanes) is 1. The molecular weight excluding hydrogens is 404 g/mol. The summed E-state index contributed by atoms with van der Waals surface area (Å²) in [5.41, 5.74) is 1.25. The van der Waals surface area contributed by atoms with Crippen LogP contribution >= 0.6 is 11.3 Å². The van der Waals surface area contributed by atoms with Crippen molar-refractivity contribution in [1.82, 2.24) is 9.55 Å². The van der Waals surface area contributed by atoms with Crippen LogP contribution in [-0.2, 0) is 16.0 Å². The lowest BCUT2D eigenvalue weighted by molar-refractivity contribution is 0.0494. The van der Waals surface area contributed by atoms with Crippen LogP contribution in [0.15, 0.2) is 40.8 Å². The molecule has 0 N–H and O–H groups in total. The summed E-state index contributed by atoms with van der Waals surface area (Å²) >= 11 is 1.25. The number of ether oxygens (including phenoxy) is 2. The molecule has 0 spiro atoms. The molecule has 0 radical (unpaired) electrons. The number of fused-ring (bicyclic) bond motifs is 1. The Balaban J connectivity index is 1.80. The summed E-state index contributed by atoms with van der Waals surface area (Å²) in [5.74, 6) is -0.866. The van der Waals surface area contributed by atoms with Gasteiger partial charge in [0.15, 0.2) is 0 Å². The van der Waals surface area contributed by atoms with Gasteiger partial charge in [-0.15, -0.1) is 11.3 Å². The number of rotatable bonds is 9. The van der Waals surface area contributed by atoms with Gasteiger partial charge in [-0.2, -0.15) is 0 Å². The van der Waals surface area contributed by atoms with Crippen LogP contribution in [0.5, 0.6) is 0 Å². The molecule has 0 saturated heterocycles. The van der Waals surface area contributed by atoms with E-state index >= 15 is 0 Å². The van der Waals surface area contributed by atoms with Crippen molar-refractivity contribution >= 4 is 33.5 Å². The SMILES string of the molecule is CCCCOC(=O)c1csc2ncn(Cc3ccc(C(=O)OCCC)cc3)c(=O)c12. The highest BCUT2D eigenvalue weighted by molar-refractivity contribution is 7.17. The second kappa shape index (κ2) is 10.2. The molecule has 8 heteroatoms. The fourth-order valence-electron chi connectivity index (χ4n) is 2.84. The lowest BCUT2D eigenvalue weighted by Gasteiger charge is -2.08. The first kappa shape index (κ1) is 21.7. The molecule has 3 rings (SSSR count). The molecule has 0 unspecified atom stereocenters. The molecule has 30 heavy (non-hydrogen) atoms. The van der Waals surface area contributed by atoms with Crippen molar-refractivity contribution in [2.75, 3.05) is 13.2 Å². The highest BCUT2D eigenvalue weighted by atomic mass is 32.1. The van der Waals surface area contributed by atoms with Gasteiger partial charge in [0.1, 0.15) is 4.83 Å². The van der Waals surface area contributed by atoms with Crippen molar-refractivity contribution in [3.05, 3.63) is 63.0 Å². The Morgan fingerprint density at radius 1 is 1.03 bits per heavy atom. The topological polar surface area (TPSA) is 87.5 Å². The molecule has 0 atom stereocenters. The zero-order chi connectivity index (χ0) is 21.5. The Bertz CT molecular complexity index is 1090. The molecule has 0 fully saturated rings. The van der Waals surface area contributed by atoms with E-state index in [1.165, 1.54) is 22.2 Å². The van der Waals surface area contributed by atoms with E-state index in [2.05, 4.69) is 4.98 Å². The van der Waals surface area contributed by atoms with Crippen LogP contribution in [0.25, 0.3) is 10.2 Å². The summed E-state index contributed by atoms with van der Waals surface area (Å²) < 4.78 is 11.8. The van der Waals surface area contributed by atoms with Crippen LogP contribution in [0.4, 0.5) is 0 Å². The Kier molecular flexibility index (Phi) is 7.35. The second-order valence-corrected chi connectivity index (χ2v) is 7.69. The first-order valence-corrected chi connectivity index (χ1v) is 10.8. The van der Waals surface area contributed by atoms with E-state index in [4.69, 9.17) is 9.47 Å². The lowest BCUT2D eigenvalue weighted by atomic mass is 10.1. The summed E-state index contributed by atoms with van der Waals surface area (Å²) in [5, 5.41) is 1.90. The van der Waals surface area contributed by atoms with Gasteiger partial charge < -0.3 is 9.47 Å². The van der Waals surface area contributed by atoms with Crippen molar-refractivity contribution in [3.8, 4) is 0 Å². The summed E-state index contributed by atoms with van der Waals surface area (Å²) in [6, 6.07) is 6.89. The van der Waals surface area contributed by atoms with E-state index in [9.17, 15) is 14.4 Å². The number of benzene rings is 1. The maximum atomic E-state index is 13.0. The minimum Gasteiger partial charge on any atom is -0.462 e. The van der Waals surface area contributed by atoms with Crippen molar-refractivity contribution in [2.24, 2.45) is 0 Å². The fourth-order valence-corrected chi connectivity index (χ4v) is 3.71. The molecule has 158 valence electrons. The highest BCUT2D eigenvalue weighted by Gasteiger charge is 2.18. The first-order chi connectivity index (χ1) is 14.5. The minimum atomic E-state index is -0.499. The molecule has 0 bridgehead atoms. The van der Waals surface area contributed by atoms with Gasteiger partial charge in [0, 0.05) is 5.38 Å². The van der Waals surface area contributed by atoms with E-state index in [1.54, 1.807) is 29.6 Å². The van der Waals surface area contributed by atoms with Crippen molar-refractivity contribution < 1.29 is 19.1 Å². The molecule has 0 aliphatic carbocycles. The minimum absolute atomic E-state index is 0.256. The molecule has 0 aliphatic heterocycles. The van der Waals surface area contributed by atoms with Crippen LogP contribution in [0, 0.1) is 0 Å². The van der Waals surface area contributed by atoms with Crippen LogP contribution in [0.2, 0.25) is 0 Å². The highest BCUT2D eigenvalue weighted by Crippen LogP contribution is 2.22. The largest absolute Gasteiger partial charge is 0.462 e. The number of carbonyl (C=O) groups excluding carboxylic acids is 2. The van der Waals surface area contributed by atoms with Gasteiger partial charge in [-0.1, -0.05) is 32.4 Å². The standard InChI is InChI=1S/C22H24N2O5S/c1-3-5-11-29-22(27)17-13-30-19-18(17)20(25)24(14-23-19)12-15-6-8-16(9-7-15)21(26)28-10-4-2/h6-9,13-14H,3-5,10-12H2,1-2H3. The third kappa shape index (κ3) is 4.94. The van der Waals surface area contributed by atoms with E-state index in [1.807, 2.05) is 13.8 Å². The zero-order valence-electron chi connectivity index (χ0n) is 17.1. The predicted octanol–water partition coefficient (Wildman–Crippen LogP) is 4.03. The molecule has 2 heterocycles. The van der Waals surface area contributed by atoms with E-state index in [0.717, 1.165) is 24.8 Å². The van der Waals surface area contributed by atoms with Gasteiger partial charge in [0.05, 0.1) is 42.6 Å². The Morgan fingerprint density at radius 2 is 1.77 bits per heavy atom. The lowest BCUT2D eigenvalue weighted by Crippen LogP contribution is -2.22. The van der Waals surface area contributed by atoms with Gasteiger partial charge in [-0.25, -0.2) is 14.6 Å². The fraction of sp³-hybridized carbons (Fsp3) is 0.364. The van der Waals surface area contributed by atoms with Crippen LogP contribution < -0.4 is 5.56 Å². The molecule has 2 aromatic heterocycles. The van der Waals surface area contributed by atoms with E-state index in [-0.39, 0.29) is 29.0 Å². The third-order valence-electron chi connectivity index (χ3n) is 4.49. The van der Waals surface area contributed by atoms with Crippen molar-refractivity contribution in [1.29, 1.82) is 0 Å². The maximum Gasteiger partial charge on any atom is 0.339 e. The van der Waals surface area contributed by atoms with E-state index in [0.29, 0.717) is 23.6 Å². The molecule has 3 aromatic rings. The van der Waals surface area contributed by atoms with Crippen LogP contribution in [0.1, 0.15) is 59.4 Å². The zero-order valence-corrected chi connectivity index (χ0v) is 17.9. The molecule has 0 saturated carbocycles. The summed E-state index contributed by atoms with van der Waals surface area (Å²) in [7, 11) is 0. The summed E-state index contributed by atoms with van der Waals surface area (Å²) in [4.78, 5) is 42.1. The van der Waals surface area contributed by atoms with Crippen molar-refractivity contribution in [3.63, 3.8) is 0 Å². The number of esters is 2. The summed E-state index contributed by atoms with van der Waals surface area (Å²) in [6.45, 7) is 4.92. The molecular formula is C22H24N2O5S. The quantitative estimate of drug-likeness (QED) is 0.378. The molecule has 1 aromatic carbocycles. The number of hydrogen-bond donors (Lipinski definition) is 0. The van der Waals surface area contributed by atoms with Crippen LogP contribution in [0.3, 0.4) is 0 Å². The number of carbonyl (C=O) groups is 2. The molecule has 0 aliphatic rings. The van der Waals surface area contributed by atoms with E-state index < -0.39 is 5.97 Å². The predicted molar refractivity (Wildman–Crippen MR) is 115 cm³/mol. The smallest absolute Gasteiger partial charge is 0.339 e. The third-order valence-corrected chi connectivity index (χ3v) is 5.38. The average Bonchev–Trinajstić information content (AvgIpc) is 3.19. The van der Waals surface area contributed by atoms with Gasteiger partial charge in [0.2, 0.25) is 0 Å².